The normalized spacial score (nSPS) is 14.4. The third-order valence-corrected chi connectivity index (χ3v) is 6.82. The van der Waals surface area contributed by atoms with E-state index >= 15 is 0 Å². The first-order valence-electron chi connectivity index (χ1n) is 11.7. The van der Waals surface area contributed by atoms with Crippen LogP contribution in [0.1, 0.15) is 22.7 Å². The van der Waals surface area contributed by atoms with Crippen molar-refractivity contribution < 1.29 is 4.39 Å². The van der Waals surface area contributed by atoms with Gasteiger partial charge in [-0.1, -0.05) is 84.4 Å². The average Bonchev–Trinajstić information content (AvgIpc) is 2.90. The van der Waals surface area contributed by atoms with E-state index in [1.807, 2.05) is 12.1 Å². The van der Waals surface area contributed by atoms with Crippen LogP contribution >= 0.6 is 11.6 Å². The van der Waals surface area contributed by atoms with Crippen LogP contribution in [0.3, 0.4) is 0 Å². The van der Waals surface area contributed by atoms with Crippen molar-refractivity contribution in [3.8, 4) is 0 Å². The van der Waals surface area contributed by atoms with Crippen LogP contribution in [0, 0.1) is 5.82 Å². The lowest BCUT2D eigenvalue weighted by Gasteiger charge is -2.40. The number of aromatic nitrogens is 2. The van der Waals surface area contributed by atoms with Gasteiger partial charge in [0.15, 0.2) is 0 Å². The fourth-order valence-electron chi connectivity index (χ4n) is 4.66. The van der Waals surface area contributed by atoms with Gasteiger partial charge in [0.25, 0.3) is 5.56 Å². The van der Waals surface area contributed by atoms with Gasteiger partial charge in [-0.3, -0.25) is 9.69 Å². The zero-order valence-corrected chi connectivity index (χ0v) is 20.0. The Balaban J connectivity index is 1.33. The molecule has 35 heavy (non-hydrogen) atoms. The molecule has 0 saturated carbocycles. The fraction of sp³-hybridized carbons (Fsp3) is 0.214. The van der Waals surface area contributed by atoms with E-state index < -0.39 is 0 Å². The van der Waals surface area contributed by atoms with Crippen molar-refractivity contribution in [1.29, 1.82) is 0 Å². The Hall–Kier alpha value is -3.48. The minimum Gasteiger partial charge on any atom is -0.366 e. The highest BCUT2D eigenvalue weighted by Crippen LogP contribution is 2.31. The molecule has 0 aliphatic carbocycles. The largest absolute Gasteiger partial charge is 0.366 e. The van der Waals surface area contributed by atoms with Gasteiger partial charge < -0.3 is 4.90 Å². The van der Waals surface area contributed by atoms with Crippen LogP contribution in [-0.2, 0) is 6.54 Å². The topological polar surface area (TPSA) is 41.4 Å². The first kappa shape index (κ1) is 23.3. The summed E-state index contributed by atoms with van der Waals surface area (Å²) in [6.07, 6.45) is 1.66. The molecule has 5 nitrogen and oxygen atoms in total. The highest BCUT2D eigenvalue weighted by atomic mass is 35.5. The Morgan fingerprint density at radius 3 is 1.97 bits per heavy atom. The predicted octanol–water partition coefficient (Wildman–Crippen LogP) is 5.00. The number of piperazine rings is 1. The van der Waals surface area contributed by atoms with Gasteiger partial charge in [-0.25, -0.2) is 9.07 Å². The van der Waals surface area contributed by atoms with Gasteiger partial charge in [0, 0.05) is 26.2 Å². The van der Waals surface area contributed by atoms with Gasteiger partial charge in [0.1, 0.15) is 10.8 Å². The summed E-state index contributed by atoms with van der Waals surface area (Å²) in [5.41, 5.74) is 3.61. The first-order valence-corrected chi connectivity index (χ1v) is 12.1. The standard InChI is InChI=1S/C28H26ClFN4O/c29-26-25(19-31-34(28(26)35)20-21-11-13-24(30)14-12-21)32-15-17-33(18-16-32)27(22-7-3-1-4-8-22)23-9-5-2-6-10-23/h1-14,19,27H,15-18,20H2. The van der Waals surface area contributed by atoms with Crippen LogP contribution in [0.4, 0.5) is 10.1 Å². The summed E-state index contributed by atoms with van der Waals surface area (Å²) in [6.45, 7) is 3.35. The third-order valence-electron chi connectivity index (χ3n) is 6.46. The molecule has 0 atom stereocenters. The average molecular weight is 489 g/mol. The highest BCUT2D eigenvalue weighted by molar-refractivity contribution is 6.33. The van der Waals surface area contributed by atoms with Crippen LogP contribution < -0.4 is 10.5 Å². The number of halogens is 2. The first-order chi connectivity index (χ1) is 17.1. The number of rotatable bonds is 6. The molecule has 5 rings (SSSR count). The number of benzene rings is 3. The molecule has 1 aliphatic rings. The molecule has 0 amide bonds. The molecular weight excluding hydrogens is 463 g/mol. The second kappa shape index (κ2) is 10.4. The molecule has 178 valence electrons. The van der Waals surface area contributed by atoms with Crippen molar-refractivity contribution in [3.63, 3.8) is 0 Å². The van der Waals surface area contributed by atoms with E-state index in [0.29, 0.717) is 5.69 Å². The van der Waals surface area contributed by atoms with E-state index in [1.165, 1.54) is 27.9 Å². The minimum absolute atomic E-state index is 0.164. The maximum Gasteiger partial charge on any atom is 0.287 e. The molecule has 0 N–H and O–H groups in total. The molecular formula is C28H26ClFN4O. The molecule has 0 spiro atoms. The van der Waals surface area contributed by atoms with Crippen LogP contribution in [0.2, 0.25) is 5.02 Å². The Morgan fingerprint density at radius 1 is 0.829 bits per heavy atom. The van der Waals surface area contributed by atoms with Gasteiger partial charge in [-0.15, -0.1) is 0 Å². The summed E-state index contributed by atoms with van der Waals surface area (Å²) in [4.78, 5) is 17.5. The Labute approximate surface area is 209 Å². The number of anilines is 1. The van der Waals surface area contributed by atoms with Crippen molar-refractivity contribution >= 4 is 17.3 Å². The predicted molar refractivity (Wildman–Crippen MR) is 138 cm³/mol. The lowest BCUT2D eigenvalue weighted by atomic mass is 9.96. The van der Waals surface area contributed by atoms with Gasteiger partial charge in [0.05, 0.1) is 24.5 Å². The summed E-state index contributed by atoms with van der Waals surface area (Å²) >= 11 is 6.53. The van der Waals surface area contributed by atoms with Gasteiger partial charge in [-0.2, -0.15) is 5.10 Å². The van der Waals surface area contributed by atoms with Crippen molar-refractivity contribution in [1.82, 2.24) is 14.7 Å². The number of hydrogen-bond acceptors (Lipinski definition) is 4. The summed E-state index contributed by atoms with van der Waals surface area (Å²) < 4.78 is 14.5. The second-order valence-electron chi connectivity index (χ2n) is 8.68. The molecule has 2 heterocycles. The SMILES string of the molecule is O=c1c(Cl)c(N2CCN(C(c3ccccc3)c3ccccc3)CC2)cnn1Cc1ccc(F)cc1. The van der Waals surface area contributed by atoms with Crippen molar-refractivity contribution in [2.45, 2.75) is 12.6 Å². The van der Waals surface area contributed by atoms with Crippen molar-refractivity contribution in [3.05, 3.63) is 129 Å². The van der Waals surface area contributed by atoms with E-state index in [2.05, 4.69) is 63.4 Å². The van der Waals surface area contributed by atoms with Crippen molar-refractivity contribution in [2.75, 3.05) is 31.1 Å². The molecule has 0 bridgehead atoms. The van der Waals surface area contributed by atoms with Crippen LogP contribution in [0.25, 0.3) is 0 Å². The smallest absolute Gasteiger partial charge is 0.287 e. The third kappa shape index (κ3) is 5.14. The minimum atomic E-state index is -0.345. The van der Waals surface area contributed by atoms with Crippen LogP contribution in [-0.4, -0.2) is 40.9 Å². The fourth-order valence-corrected chi connectivity index (χ4v) is 4.92. The van der Waals surface area contributed by atoms with E-state index in [-0.39, 0.29) is 29.0 Å². The second-order valence-corrected chi connectivity index (χ2v) is 9.06. The lowest BCUT2D eigenvalue weighted by molar-refractivity contribution is 0.212. The molecule has 1 aromatic heterocycles. The van der Waals surface area contributed by atoms with E-state index in [1.54, 1.807) is 18.3 Å². The maximum absolute atomic E-state index is 13.2. The molecule has 1 fully saturated rings. The lowest BCUT2D eigenvalue weighted by Crippen LogP contribution is -2.48. The molecule has 3 aromatic carbocycles. The highest BCUT2D eigenvalue weighted by Gasteiger charge is 2.27. The number of hydrogen-bond donors (Lipinski definition) is 0. The van der Waals surface area contributed by atoms with E-state index in [9.17, 15) is 9.18 Å². The molecule has 4 aromatic rings. The van der Waals surface area contributed by atoms with E-state index in [0.717, 1.165) is 31.7 Å². The maximum atomic E-state index is 13.2. The zero-order valence-electron chi connectivity index (χ0n) is 19.2. The van der Waals surface area contributed by atoms with Crippen LogP contribution in [0.5, 0.6) is 0 Å². The molecule has 1 saturated heterocycles. The zero-order chi connectivity index (χ0) is 24.2. The summed E-state index contributed by atoms with van der Waals surface area (Å²) in [6, 6.07) is 27.3. The Bertz CT molecular complexity index is 1280. The Morgan fingerprint density at radius 2 is 1.40 bits per heavy atom. The summed E-state index contributed by atoms with van der Waals surface area (Å²) in [7, 11) is 0. The van der Waals surface area contributed by atoms with E-state index in [4.69, 9.17) is 11.6 Å². The van der Waals surface area contributed by atoms with Gasteiger partial charge >= 0.3 is 0 Å². The summed E-state index contributed by atoms with van der Waals surface area (Å²) in [5, 5.41) is 4.52. The van der Waals surface area contributed by atoms with Gasteiger partial charge in [-0.05, 0) is 28.8 Å². The molecule has 7 heteroatoms. The Kier molecular flexibility index (Phi) is 6.93. The van der Waals surface area contributed by atoms with Crippen LogP contribution in [0.15, 0.2) is 95.9 Å². The molecule has 1 aliphatic heterocycles. The number of nitrogens with zero attached hydrogens (tertiary/aromatic N) is 4. The molecule has 0 radical (unpaired) electrons. The molecule has 0 unspecified atom stereocenters. The van der Waals surface area contributed by atoms with Crippen molar-refractivity contribution in [2.24, 2.45) is 0 Å². The van der Waals surface area contributed by atoms with Gasteiger partial charge in [0.2, 0.25) is 0 Å². The summed E-state index contributed by atoms with van der Waals surface area (Å²) in [5.74, 6) is -0.316. The quantitative estimate of drug-likeness (QED) is 0.383. The monoisotopic (exact) mass is 488 g/mol.